The average Bonchev–Trinajstić information content (AvgIpc) is 2.94. The summed E-state index contributed by atoms with van der Waals surface area (Å²) in [5.74, 6) is 1.31. The lowest BCUT2D eigenvalue weighted by atomic mass is 9.73. The highest BCUT2D eigenvalue weighted by Gasteiger charge is 2.41. The van der Waals surface area contributed by atoms with Crippen LogP contribution >= 0.6 is 23.4 Å². The van der Waals surface area contributed by atoms with Crippen molar-refractivity contribution >= 4 is 40.2 Å². The molecule has 0 spiro atoms. The molecule has 1 amide bonds. The van der Waals surface area contributed by atoms with Crippen molar-refractivity contribution in [1.82, 2.24) is 15.4 Å². The number of aromatic nitrogens is 1. The molecule has 1 aromatic heterocycles. The first-order chi connectivity index (χ1) is 18.4. The highest BCUT2D eigenvalue weighted by molar-refractivity contribution is 7.99. The predicted octanol–water partition coefficient (Wildman–Crippen LogP) is 5.79. The van der Waals surface area contributed by atoms with Crippen LogP contribution in [-0.2, 0) is 4.79 Å². The number of halogens is 1. The fourth-order valence-electron chi connectivity index (χ4n) is 5.29. The third kappa shape index (κ3) is 6.61. The minimum atomic E-state index is -0.889. The van der Waals surface area contributed by atoms with Crippen molar-refractivity contribution in [1.29, 1.82) is 0 Å². The number of rotatable bonds is 11. The van der Waals surface area contributed by atoms with E-state index in [-0.39, 0.29) is 5.91 Å². The molecule has 1 atom stereocenters. The number of piperidine rings is 1. The summed E-state index contributed by atoms with van der Waals surface area (Å²) in [4.78, 5) is 20.9. The molecule has 1 saturated heterocycles. The van der Waals surface area contributed by atoms with Gasteiger partial charge in [0.1, 0.15) is 5.75 Å². The van der Waals surface area contributed by atoms with E-state index in [1.807, 2.05) is 35.4 Å². The molecule has 7 nitrogen and oxygen atoms in total. The number of likely N-dealkylation sites (tertiary alicyclic amines) is 1. The van der Waals surface area contributed by atoms with Gasteiger partial charge in [-0.3, -0.25) is 15.0 Å². The zero-order valence-electron chi connectivity index (χ0n) is 22.0. The lowest BCUT2D eigenvalue weighted by molar-refractivity contribution is -0.143. The Balaban J connectivity index is 1.36. The lowest BCUT2D eigenvalue weighted by Gasteiger charge is -2.40. The Labute approximate surface area is 233 Å². The highest BCUT2D eigenvalue weighted by atomic mass is 35.5. The van der Waals surface area contributed by atoms with Gasteiger partial charge in [0.25, 0.3) is 0 Å². The van der Waals surface area contributed by atoms with E-state index in [1.165, 1.54) is 10.5 Å². The van der Waals surface area contributed by atoms with E-state index >= 15 is 0 Å². The van der Waals surface area contributed by atoms with Crippen LogP contribution in [0.2, 0.25) is 5.02 Å². The molecule has 3 N–H and O–H groups in total. The summed E-state index contributed by atoms with van der Waals surface area (Å²) < 4.78 is 5.35. The van der Waals surface area contributed by atoms with Crippen LogP contribution in [0, 0.1) is 12.3 Å². The van der Waals surface area contributed by atoms with Crippen molar-refractivity contribution in [3.63, 3.8) is 0 Å². The minimum absolute atomic E-state index is 0.330. The Morgan fingerprint density at radius 1 is 1.26 bits per heavy atom. The zero-order valence-corrected chi connectivity index (χ0v) is 23.5. The maximum atomic E-state index is 12.8. The molecular weight excluding hydrogens is 522 g/mol. The van der Waals surface area contributed by atoms with E-state index in [0.29, 0.717) is 47.5 Å². The molecular formula is C29H36ClN3O4S. The molecule has 204 valence electrons. The molecule has 2 heterocycles. The number of hydroxylamine groups is 1. The smallest absolute Gasteiger partial charge is 0.249 e. The van der Waals surface area contributed by atoms with Crippen molar-refractivity contribution in [2.45, 2.75) is 50.0 Å². The number of pyridine rings is 1. The maximum Gasteiger partial charge on any atom is 0.249 e. The van der Waals surface area contributed by atoms with E-state index in [0.717, 1.165) is 37.2 Å². The first-order valence-corrected chi connectivity index (χ1v) is 14.4. The van der Waals surface area contributed by atoms with E-state index in [1.54, 1.807) is 13.3 Å². The summed E-state index contributed by atoms with van der Waals surface area (Å²) in [6.45, 7) is 4.65. The minimum Gasteiger partial charge on any atom is -0.497 e. The van der Waals surface area contributed by atoms with Crippen LogP contribution in [0.15, 0.2) is 53.6 Å². The van der Waals surface area contributed by atoms with Crippen LogP contribution in [0.1, 0.15) is 49.3 Å². The third-order valence-corrected chi connectivity index (χ3v) is 9.23. The first kappa shape index (κ1) is 28.6. The number of benzene rings is 2. The van der Waals surface area contributed by atoms with E-state index in [4.69, 9.17) is 16.3 Å². The van der Waals surface area contributed by atoms with Crippen molar-refractivity contribution in [3.8, 4) is 5.75 Å². The number of nitrogens with zero attached hydrogens (tertiary/aromatic N) is 2. The number of nitrogens with one attached hydrogen (secondary N) is 1. The molecule has 0 unspecified atom stereocenters. The zero-order chi connectivity index (χ0) is 27.1. The number of methoxy groups -OCH3 is 1. The van der Waals surface area contributed by atoms with Gasteiger partial charge in [-0.25, -0.2) is 5.48 Å². The number of aryl methyl sites for hydroxylation is 1. The molecule has 0 radical (unpaired) electrons. The van der Waals surface area contributed by atoms with Gasteiger partial charge in [0.2, 0.25) is 5.91 Å². The summed E-state index contributed by atoms with van der Waals surface area (Å²) in [6.07, 6.45) is 3.72. The fraction of sp³-hybridized carbons (Fsp3) is 0.448. The summed E-state index contributed by atoms with van der Waals surface area (Å²) in [6, 6.07) is 13.9. The van der Waals surface area contributed by atoms with Gasteiger partial charge in [-0.2, -0.15) is 0 Å². The number of aliphatic hydroxyl groups is 1. The SMILES string of the molecule is COc1ccc2ncc(Cl)c([C@H](O)CCC3(C(=O)NO)CCN(CCCSc4ccccc4C)CC3)c2c1. The second-order valence-corrected chi connectivity index (χ2v) is 11.5. The molecule has 0 bridgehead atoms. The number of fused-ring (bicyclic) bond motifs is 1. The van der Waals surface area contributed by atoms with Crippen molar-refractivity contribution in [2.75, 3.05) is 32.5 Å². The van der Waals surface area contributed by atoms with Gasteiger partial charge in [-0.15, -0.1) is 11.8 Å². The molecule has 0 aliphatic carbocycles. The number of thioether (sulfide) groups is 1. The number of hydrogen-bond donors (Lipinski definition) is 3. The number of ether oxygens (including phenoxy) is 1. The lowest BCUT2D eigenvalue weighted by Crippen LogP contribution is -2.48. The average molecular weight is 558 g/mol. The molecule has 0 saturated carbocycles. The van der Waals surface area contributed by atoms with E-state index in [2.05, 4.69) is 41.1 Å². The Hall–Kier alpha value is -2.36. The van der Waals surface area contributed by atoms with Crippen LogP contribution in [0.4, 0.5) is 0 Å². The number of amides is 1. The number of carbonyl (C=O) groups excluding carboxylic acids is 1. The largest absolute Gasteiger partial charge is 0.497 e. The van der Waals surface area contributed by atoms with Crippen molar-refractivity contribution < 1.29 is 19.8 Å². The molecule has 2 aromatic carbocycles. The van der Waals surface area contributed by atoms with Gasteiger partial charge in [-0.05, 0) is 94.2 Å². The first-order valence-electron chi connectivity index (χ1n) is 13.0. The Morgan fingerprint density at radius 3 is 2.74 bits per heavy atom. The van der Waals surface area contributed by atoms with E-state index < -0.39 is 11.5 Å². The van der Waals surface area contributed by atoms with Crippen LogP contribution in [-0.4, -0.2) is 58.6 Å². The second kappa shape index (κ2) is 13.1. The molecule has 4 rings (SSSR count). The van der Waals surface area contributed by atoms with Crippen molar-refractivity contribution in [3.05, 3.63) is 64.8 Å². The number of aliphatic hydroxyl groups excluding tert-OH is 1. The van der Waals surface area contributed by atoms with Gasteiger partial charge in [0, 0.05) is 22.0 Å². The quantitative estimate of drug-likeness (QED) is 0.119. The summed E-state index contributed by atoms with van der Waals surface area (Å²) in [5, 5.41) is 21.8. The molecule has 9 heteroatoms. The third-order valence-electron chi connectivity index (χ3n) is 7.66. The summed E-state index contributed by atoms with van der Waals surface area (Å²) in [7, 11) is 1.59. The van der Waals surface area contributed by atoms with E-state index in [9.17, 15) is 15.1 Å². The molecule has 1 aliphatic heterocycles. The Bertz CT molecular complexity index is 1250. The second-order valence-electron chi connectivity index (χ2n) is 9.99. The summed E-state index contributed by atoms with van der Waals surface area (Å²) >= 11 is 8.36. The normalized spacial score (nSPS) is 16.3. The molecule has 38 heavy (non-hydrogen) atoms. The topological polar surface area (TPSA) is 94.9 Å². The molecule has 1 aliphatic rings. The van der Waals surface area contributed by atoms with Gasteiger partial charge in [0.15, 0.2) is 0 Å². The molecule has 3 aromatic rings. The van der Waals surface area contributed by atoms with Crippen LogP contribution in [0.5, 0.6) is 5.75 Å². The predicted molar refractivity (Wildman–Crippen MR) is 152 cm³/mol. The van der Waals surface area contributed by atoms with Crippen LogP contribution in [0.3, 0.4) is 0 Å². The van der Waals surface area contributed by atoms with Gasteiger partial charge in [-0.1, -0.05) is 29.8 Å². The van der Waals surface area contributed by atoms with Gasteiger partial charge >= 0.3 is 0 Å². The van der Waals surface area contributed by atoms with Crippen molar-refractivity contribution in [2.24, 2.45) is 5.41 Å². The van der Waals surface area contributed by atoms with Gasteiger partial charge < -0.3 is 14.7 Å². The van der Waals surface area contributed by atoms with Crippen LogP contribution in [0.25, 0.3) is 10.9 Å². The maximum absolute atomic E-state index is 12.8. The monoisotopic (exact) mass is 557 g/mol. The highest BCUT2D eigenvalue weighted by Crippen LogP contribution is 2.41. The number of carbonyl (C=O) groups is 1. The molecule has 1 fully saturated rings. The number of hydrogen-bond acceptors (Lipinski definition) is 7. The standard InChI is InChI=1S/C29H36ClN3O4S/c1-20-6-3-4-7-26(20)38-17-5-14-33-15-12-29(13-16-33,28(35)32-36)11-10-25(34)27-22-18-21(37-2)8-9-24(22)31-19-23(27)30/h3-4,6-9,18-19,25,34,36H,5,10-17H2,1-2H3,(H,32,35)/t25-/m1/s1. The Morgan fingerprint density at radius 2 is 2.03 bits per heavy atom. The van der Waals surface area contributed by atoms with Crippen LogP contribution < -0.4 is 10.2 Å². The fourth-order valence-corrected chi connectivity index (χ4v) is 6.53. The van der Waals surface area contributed by atoms with Gasteiger partial charge in [0.05, 0.1) is 29.2 Å². The summed E-state index contributed by atoms with van der Waals surface area (Å²) in [5.41, 5.74) is 3.74. The Kier molecular flexibility index (Phi) is 9.90.